The molecule has 0 amide bonds. The molecule has 9 nitrogen and oxygen atoms in total. The third-order valence-corrected chi connectivity index (χ3v) is 5.12. The quantitative estimate of drug-likeness (QED) is 0.587. The summed E-state index contributed by atoms with van der Waals surface area (Å²) < 4.78 is 17.0. The highest BCUT2D eigenvalue weighted by molar-refractivity contribution is 6.33. The van der Waals surface area contributed by atoms with E-state index in [-0.39, 0.29) is 24.9 Å². The maximum Gasteiger partial charge on any atom is 0.296 e. The predicted octanol–water partition coefficient (Wildman–Crippen LogP) is 1.52. The first-order valence-electron chi connectivity index (χ1n) is 8.94. The molecule has 0 radical (unpaired) electrons. The van der Waals surface area contributed by atoms with Crippen LogP contribution in [-0.4, -0.2) is 62.7 Å². The standard InChI is InChI=1S/C18H18ClN5O4/c19-10-4-11-17(23-16(10)21-6-9-2-1-3-20-5-9)24-18(22-11)28-13-8-27-14-12(25)7-26-15(13)14/h1-5,12-15,25H,6-8H2,(H2,21,22,23,24)/t12-,13-,14-,15-/m1/s1. The van der Waals surface area contributed by atoms with E-state index in [9.17, 15) is 5.11 Å². The number of aliphatic hydroxyl groups excluding tert-OH is 1. The highest BCUT2D eigenvalue weighted by Gasteiger charge is 2.48. The summed E-state index contributed by atoms with van der Waals surface area (Å²) in [6.07, 6.45) is 1.87. The van der Waals surface area contributed by atoms with E-state index in [0.29, 0.717) is 41.2 Å². The van der Waals surface area contributed by atoms with Crippen LogP contribution in [0, 0.1) is 0 Å². The lowest BCUT2D eigenvalue weighted by Gasteiger charge is -2.15. The SMILES string of the molecule is O[C@@H]1CO[C@H]2[C@@H]1OC[C@H]2Oc1nc2nc(NCc3cccnc3)c(Cl)cc2[nH]1. The van der Waals surface area contributed by atoms with Crippen molar-refractivity contribution >= 4 is 28.6 Å². The van der Waals surface area contributed by atoms with E-state index in [4.69, 9.17) is 25.8 Å². The first-order chi connectivity index (χ1) is 13.7. The third kappa shape index (κ3) is 3.26. The molecular formula is C18H18ClN5O4. The lowest BCUT2D eigenvalue weighted by atomic mass is 10.1. The van der Waals surface area contributed by atoms with Gasteiger partial charge in [-0.25, -0.2) is 4.98 Å². The van der Waals surface area contributed by atoms with Gasteiger partial charge >= 0.3 is 0 Å². The van der Waals surface area contributed by atoms with Gasteiger partial charge in [-0.1, -0.05) is 17.7 Å². The number of anilines is 1. The number of hydrogen-bond acceptors (Lipinski definition) is 8. The number of rotatable bonds is 5. The molecule has 0 unspecified atom stereocenters. The Morgan fingerprint density at radius 2 is 2.18 bits per heavy atom. The Bertz CT molecular complexity index is 985. The number of nitrogens with one attached hydrogen (secondary N) is 2. The second-order valence-electron chi connectivity index (χ2n) is 6.77. The molecule has 2 fully saturated rings. The minimum Gasteiger partial charge on any atom is -0.456 e. The lowest BCUT2D eigenvalue weighted by Crippen LogP contribution is -2.34. The number of nitrogens with zero attached hydrogens (tertiary/aromatic N) is 3. The van der Waals surface area contributed by atoms with Gasteiger partial charge in [-0.05, 0) is 17.7 Å². The molecule has 0 aliphatic carbocycles. The zero-order valence-corrected chi connectivity index (χ0v) is 15.5. The number of hydrogen-bond donors (Lipinski definition) is 3. The van der Waals surface area contributed by atoms with Crippen molar-refractivity contribution in [2.75, 3.05) is 18.5 Å². The molecule has 2 aliphatic rings. The zero-order valence-electron chi connectivity index (χ0n) is 14.7. The van der Waals surface area contributed by atoms with Gasteiger partial charge in [-0.15, -0.1) is 0 Å². The number of aromatic amines is 1. The van der Waals surface area contributed by atoms with Crippen molar-refractivity contribution in [1.29, 1.82) is 0 Å². The molecular weight excluding hydrogens is 386 g/mol. The van der Waals surface area contributed by atoms with Crippen LogP contribution in [0.15, 0.2) is 30.6 Å². The van der Waals surface area contributed by atoms with E-state index in [2.05, 4.69) is 25.3 Å². The number of halogens is 1. The molecule has 4 atom stereocenters. The maximum absolute atomic E-state index is 9.83. The highest BCUT2D eigenvalue weighted by Crippen LogP contribution is 2.30. The number of H-pyrrole nitrogens is 1. The first kappa shape index (κ1) is 17.6. The summed E-state index contributed by atoms with van der Waals surface area (Å²) in [5.41, 5.74) is 2.16. The average molecular weight is 404 g/mol. The van der Waals surface area contributed by atoms with Crippen LogP contribution in [0.2, 0.25) is 5.02 Å². The molecule has 0 bridgehead atoms. The largest absolute Gasteiger partial charge is 0.456 e. The smallest absolute Gasteiger partial charge is 0.296 e. The Balaban J connectivity index is 1.32. The topological polar surface area (TPSA) is 114 Å². The summed E-state index contributed by atoms with van der Waals surface area (Å²) in [5.74, 6) is 0.530. The monoisotopic (exact) mass is 403 g/mol. The van der Waals surface area contributed by atoms with Gasteiger partial charge in [0, 0.05) is 18.9 Å². The minimum absolute atomic E-state index is 0.248. The van der Waals surface area contributed by atoms with Crippen LogP contribution in [0.25, 0.3) is 11.2 Å². The maximum atomic E-state index is 9.83. The minimum atomic E-state index is -0.622. The van der Waals surface area contributed by atoms with Crippen molar-refractivity contribution < 1.29 is 19.3 Å². The summed E-state index contributed by atoms with van der Waals surface area (Å²) in [7, 11) is 0. The molecule has 0 aromatic carbocycles. The number of pyridine rings is 2. The van der Waals surface area contributed by atoms with Crippen molar-refractivity contribution in [3.05, 3.63) is 41.2 Å². The Labute approximate surface area is 165 Å². The number of imidazole rings is 1. The van der Waals surface area contributed by atoms with Gasteiger partial charge in [0.2, 0.25) is 0 Å². The molecule has 0 spiro atoms. The van der Waals surface area contributed by atoms with Crippen LogP contribution in [0.3, 0.4) is 0 Å². The van der Waals surface area contributed by atoms with Crippen molar-refractivity contribution in [1.82, 2.24) is 19.9 Å². The molecule has 2 aliphatic heterocycles. The molecule has 3 N–H and O–H groups in total. The van der Waals surface area contributed by atoms with Crippen LogP contribution >= 0.6 is 11.6 Å². The average Bonchev–Trinajstić information content (AvgIpc) is 3.38. The zero-order chi connectivity index (χ0) is 19.1. The molecule has 3 aromatic heterocycles. The molecule has 5 heterocycles. The van der Waals surface area contributed by atoms with Crippen LogP contribution in [-0.2, 0) is 16.0 Å². The van der Waals surface area contributed by atoms with Gasteiger partial charge in [0.05, 0.1) is 23.8 Å². The van der Waals surface area contributed by atoms with E-state index >= 15 is 0 Å². The van der Waals surface area contributed by atoms with Crippen LogP contribution in [0.5, 0.6) is 6.01 Å². The molecule has 146 valence electrons. The van der Waals surface area contributed by atoms with E-state index in [0.717, 1.165) is 5.56 Å². The normalized spacial score (nSPS) is 26.5. The molecule has 2 saturated heterocycles. The second kappa shape index (κ2) is 7.17. The lowest BCUT2D eigenvalue weighted by molar-refractivity contribution is 0.00706. The van der Waals surface area contributed by atoms with E-state index in [1.807, 2.05) is 12.1 Å². The number of fused-ring (bicyclic) bond motifs is 2. The van der Waals surface area contributed by atoms with Gasteiger partial charge in [0.15, 0.2) is 11.8 Å². The van der Waals surface area contributed by atoms with Crippen LogP contribution < -0.4 is 10.1 Å². The van der Waals surface area contributed by atoms with E-state index in [1.54, 1.807) is 18.5 Å². The second-order valence-corrected chi connectivity index (χ2v) is 7.17. The summed E-state index contributed by atoms with van der Waals surface area (Å²) in [6.45, 7) is 1.12. The number of aliphatic hydroxyl groups is 1. The van der Waals surface area contributed by atoms with Crippen LogP contribution in [0.1, 0.15) is 5.56 Å². The molecule has 10 heteroatoms. The number of ether oxygens (including phenoxy) is 3. The first-order valence-corrected chi connectivity index (χ1v) is 9.32. The van der Waals surface area contributed by atoms with Gasteiger partial charge in [0.1, 0.15) is 24.1 Å². The molecule has 5 rings (SSSR count). The van der Waals surface area contributed by atoms with Crippen LogP contribution in [0.4, 0.5) is 5.82 Å². The van der Waals surface area contributed by atoms with Gasteiger partial charge in [-0.3, -0.25) is 4.98 Å². The Kier molecular flexibility index (Phi) is 4.52. The van der Waals surface area contributed by atoms with Crippen molar-refractivity contribution in [2.45, 2.75) is 31.0 Å². The van der Waals surface area contributed by atoms with Gasteiger partial charge in [-0.2, -0.15) is 4.98 Å². The summed E-state index contributed by atoms with van der Waals surface area (Å²) in [5, 5.41) is 13.5. The summed E-state index contributed by atoms with van der Waals surface area (Å²) in [4.78, 5) is 16.0. The van der Waals surface area contributed by atoms with Gasteiger partial charge < -0.3 is 29.6 Å². The molecule has 0 saturated carbocycles. The van der Waals surface area contributed by atoms with E-state index in [1.165, 1.54) is 0 Å². The van der Waals surface area contributed by atoms with Gasteiger partial charge in [0.25, 0.3) is 6.01 Å². The Hall–Kier alpha value is -2.46. The molecule has 28 heavy (non-hydrogen) atoms. The Morgan fingerprint density at radius 1 is 1.29 bits per heavy atom. The molecule has 3 aromatic rings. The van der Waals surface area contributed by atoms with Crippen molar-refractivity contribution in [3.63, 3.8) is 0 Å². The number of aromatic nitrogens is 4. The fourth-order valence-corrected chi connectivity index (χ4v) is 3.67. The third-order valence-electron chi connectivity index (χ3n) is 4.83. The summed E-state index contributed by atoms with van der Waals surface area (Å²) in [6, 6.07) is 5.89. The highest BCUT2D eigenvalue weighted by atomic mass is 35.5. The van der Waals surface area contributed by atoms with Crippen molar-refractivity contribution in [2.24, 2.45) is 0 Å². The predicted molar refractivity (Wildman–Crippen MR) is 100 cm³/mol. The van der Waals surface area contributed by atoms with Crippen molar-refractivity contribution in [3.8, 4) is 6.01 Å². The fourth-order valence-electron chi connectivity index (χ4n) is 3.45. The van der Waals surface area contributed by atoms with E-state index < -0.39 is 6.10 Å². The summed E-state index contributed by atoms with van der Waals surface area (Å²) >= 11 is 6.34. The Morgan fingerprint density at radius 3 is 3.04 bits per heavy atom. The fraction of sp³-hybridized carbons (Fsp3) is 0.389.